The van der Waals surface area contributed by atoms with Crippen LogP contribution in [0.1, 0.15) is 16.8 Å². The molecule has 0 amide bonds. The summed E-state index contributed by atoms with van der Waals surface area (Å²) in [5.41, 5.74) is 9.15. The quantitative estimate of drug-likeness (QED) is 0.414. The van der Waals surface area contributed by atoms with E-state index in [0.29, 0.717) is 29.3 Å². The Labute approximate surface area is 167 Å². The molecular weight excluding hydrogens is 375 g/mol. The average molecular weight is 393 g/mol. The Morgan fingerprint density at radius 3 is 2.71 bits per heavy atom. The van der Waals surface area contributed by atoms with E-state index in [1.165, 1.54) is 6.07 Å². The highest BCUT2D eigenvalue weighted by atomic mass is 35.5. The van der Waals surface area contributed by atoms with Gasteiger partial charge in [-0.2, -0.15) is 0 Å². The summed E-state index contributed by atoms with van der Waals surface area (Å²) in [5.74, 6) is 0.734. The number of anilines is 1. The van der Waals surface area contributed by atoms with Crippen LogP contribution in [-0.4, -0.2) is 4.98 Å². The normalized spacial score (nSPS) is 11.0. The van der Waals surface area contributed by atoms with Gasteiger partial charge in [0.15, 0.2) is 11.5 Å². The Morgan fingerprint density at radius 2 is 1.89 bits per heavy atom. The van der Waals surface area contributed by atoms with Gasteiger partial charge >= 0.3 is 0 Å². The zero-order chi connectivity index (χ0) is 19.7. The first-order chi connectivity index (χ1) is 13.5. The first kappa shape index (κ1) is 18.3. The molecule has 4 aromatic rings. The van der Waals surface area contributed by atoms with Crippen molar-refractivity contribution in [2.45, 2.75) is 13.3 Å². The van der Waals surface area contributed by atoms with E-state index >= 15 is 0 Å². The monoisotopic (exact) mass is 392 g/mol. The molecule has 1 aromatic heterocycles. The summed E-state index contributed by atoms with van der Waals surface area (Å²) in [6.45, 7) is 1.98. The summed E-state index contributed by atoms with van der Waals surface area (Å²) in [6.07, 6.45) is 2.20. The molecule has 0 saturated heterocycles. The molecule has 5 heteroatoms. The maximum absolute atomic E-state index is 13.9. The fourth-order valence-corrected chi connectivity index (χ4v) is 3.22. The van der Waals surface area contributed by atoms with Crippen molar-refractivity contribution in [1.82, 2.24) is 4.98 Å². The fraction of sp³-hybridized carbons (Fsp3) is 0.0870. The van der Waals surface area contributed by atoms with Crippen LogP contribution in [0.2, 0.25) is 5.02 Å². The highest BCUT2D eigenvalue weighted by Gasteiger charge is 2.15. The number of fused-ring (bicyclic) bond motifs is 1. The number of hydrogen-bond acceptors (Lipinski definition) is 3. The lowest BCUT2D eigenvalue weighted by Gasteiger charge is -2.15. The van der Waals surface area contributed by atoms with E-state index in [1.54, 1.807) is 18.3 Å². The number of rotatable bonds is 4. The van der Waals surface area contributed by atoms with E-state index in [9.17, 15) is 4.39 Å². The molecular formula is C23H18ClFN2O. The maximum Gasteiger partial charge on any atom is 0.157 e. The summed E-state index contributed by atoms with van der Waals surface area (Å²) >= 11 is 5.80. The Morgan fingerprint density at radius 1 is 1.07 bits per heavy atom. The van der Waals surface area contributed by atoms with Crippen molar-refractivity contribution < 1.29 is 9.13 Å². The van der Waals surface area contributed by atoms with E-state index in [1.807, 2.05) is 49.4 Å². The van der Waals surface area contributed by atoms with Crippen molar-refractivity contribution in [2.75, 3.05) is 5.73 Å². The molecule has 140 valence electrons. The lowest BCUT2D eigenvalue weighted by Crippen LogP contribution is -2.00. The maximum atomic E-state index is 13.9. The number of aryl methyl sites for hydroxylation is 1. The number of halogens is 2. The van der Waals surface area contributed by atoms with E-state index in [2.05, 4.69) is 4.98 Å². The average Bonchev–Trinajstić information content (AvgIpc) is 2.69. The number of ether oxygens (including phenoxy) is 1. The number of hydrogen-bond donors (Lipinski definition) is 1. The van der Waals surface area contributed by atoms with Gasteiger partial charge in [-0.05, 0) is 42.3 Å². The molecule has 0 fully saturated rings. The van der Waals surface area contributed by atoms with Gasteiger partial charge in [0.25, 0.3) is 0 Å². The van der Waals surface area contributed by atoms with Crippen LogP contribution in [0, 0.1) is 12.7 Å². The number of nitrogens with zero attached hydrogens (tertiary/aromatic N) is 1. The molecule has 0 aliphatic rings. The third-order valence-corrected chi connectivity index (χ3v) is 4.87. The summed E-state index contributed by atoms with van der Waals surface area (Å²) in [7, 11) is 0. The van der Waals surface area contributed by atoms with Crippen LogP contribution in [0.3, 0.4) is 0 Å². The van der Waals surface area contributed by atoms with E-state index in [-0.39, 0.29) is 5.02 Å². The van der Waals surface area contributed by atoms with Gasteiger partial charge in [-0.15, -0.1) is 0 Å². The van der Waals surface area contributed by atoms with Crippen LogP contribution in [0.15, 0.2) is 66.9 Å². The van der Waals surface area contributed by atoms with E-state index < -0.39 is 5.82 Å². The minimum Gasteiger partial charge on any atom is -0.453 e. The van der Waals surface area contributed by atoms with Crippen molar-refractivity contribution in [1.29, 1.82) is 0 Å². The van der Waals surface area contributed by atoms with Crippen LogP contribution in [-0.2, 0) is 6.42 Å². The minimum atomic E-state index is -0.453. The van der Waals surface area contributed by atoms with Gasteiger partial charge in [-0.25, -0.2) is 4.39 Å². The second-order valence-corrected chi connectivity index (χ2v) is 7.10. The molecule has 0 radical (unpaired) electrons. The van der Waals surface area contributed by atoms with Crippen LogP contribution < -0.4 is 10.5 Å². The fourth-order valence-electron chi connectivity index (χ4n) is 3.10. The smallest absolute Gasteiger partial charge is 0.157 e. The van der Waals surface area contributed by atoms with Gasteiger partial charge < -0.3 is 10.5 Å². The number of benzene rings is 3. The molecule has 0 aliphatic carbocycles. The van der Waals surface area contributed by atoms with Gasteiger partial charge in [0.05, 0.1) is 16.4 Å². The molecule has 1 heterocycles. The molecule has 0 aliphatic heterocycles. The van der Waals surface area contributed by atoms with Gasteiger partial charge in [-0.1, -0.05) is 48.0 Å². The van der Waals surface area contributed by atoms with Gasteiger partial charge in [0, 0.05) is 23.4 Å². The topological polar surface area (TPSA) is 48.1 Å². The first-order valence-corrected chi connectivity index (χ1v) is 9.23. The summed E-state index contributed by atoms with van der Waals surface area (Å²) in [5, 5.41) is 1.97. The third-order valence-electron chi connectivity index (χ3n) is 4.56. The number of nitrogens with two attached hydrogens (primary N) is 1. The molecule has 0 bridgehead atoms. The zero-order valence-corrected chi connectivity index (χ0v) is 16.0. The van der Waals surface area contributed by atoms with E-state index in [0.717, 1.165) is 21.9 Å². The summed E-state index contributed by atoms with van der Waals surface area (Å²) in [4.78, 5) is 4.58. The van der Waals surface area contributed by atoms with Crippen molar-refractivity contribution in [3.63, 3.8) is 0 Å². The molecule has 28 heavy (non-hydrogen) atoms. The molecule has 2 N–H and O–H groups in total. The van der Waals surface area contributed by atoms with Crippen molar-refractivity contribution in [2.24, 2.45) is 0 Å². The van der Waals surface area contributed by atoms with Crippen molar-refractivity contribution >= 4 is 28.1 Å². The van der Waals surface area contributed by atoms with Crippen LogP contribution in [0.25, 0.3) is 10.8 Å². The lowest BCUT2D eigenvalue weighted by molar-refractivity contribution is 0.482. The summed E-state index contributed by atoms with van der Waals surface area (Å²) in [6, 6.07) is 18.2. The van der Waals surface area contributed by atoms with Gasteiger partial charge in [-0.3, -0.25) is 4.98 Å². The SMILES string of the molecule is Cc1ccc(N)c(Oc2c(Cc3ccc(Cl)c(F)c3)ncc3ccccc23)c1. The van der Waals surface area contributed by atoms with Crippen molar-refractivity contribution in [3.8, 4) is 11.5 Å². The molecule has 0 unspecified atom stereocenters. The Bertz CT molecular complexity index is 1180. The second-order valence-electron chi connectivity index (χ2n) is 6.69. The molecule has 3 aromatic carbocycles. The Kier molecular flexibility index (Phi) is 4.88. The lowest BCUT2D eigenvalue weighted by atomic mass is 10.0. The van der Waals surface area contributed by atoms with Gasteiger partial charge in [0.2, 0.25) is 0 Å². The molecule has 0 atom stereocenters. The third kappa shape index (κ3) is 3.64. The standard InChI is InChI=1S/C23H18ClFN2O/c1-14-6-9-20(26)22(10-14)28-23-17-5-3-2-4-16(17)13-27-21(23)12-15-7-8-18(24)19(25)11-15/h2-11,13H,12,26H2,1H3. The number of aromatic nitrogens is 1. The predicted octanol–water partition coefficient (Wildman–Crippen LogP) is 6.30. The largest absolute Gasteiger partial charge is 0.453 e. The Balaban J connectivity index is 1.83. The molecule has 0 spiro atoms. The zero-order valence-electron chi connectivity index (χ0n) is 15.2. The highest BCUT2D eigenvalue weighted by Crippen LogP contribution is 2.36. The molecule has 0 saturated carbocycles. The first-order valence-electron chi connectivity index (χ1n) is 8.86. The van der Waals surface area contributed by atoms with Crippen molar-refractivity contribution in [3.05, 3.63) is 94.5 Å². The van der Waals surface area contributed by atoms with Crippen LogP contribution >= 0.6 is 11.6 Å². The predicted molar refractivity (Wildman–Crippen MR) is 112 cm³/mol. The highest BCUT2D eigenvalue weighted by molar-refractivity contribution is 6.30. The van der Waals surface area contributed by atoms with E-state index in [4.69, 9.17) is 22.1 Å². The summed E-state index contributed by atoms with van der Waals surface area (Å²) < 4.78 is 20.1. The van der Waals surface area contributed by atoms with Gasteiger partial charge in [0.1, 0.15) is 5.82 Å². The second kappa shape index (κ2) is 7.49. The van der Waals surface area contributed by atoms with Crippen LogP contribution in [0.4, 0.5) is 10.1 Å². The number of pyridine rings is 1. The number of nitrogen functional groups attached to an aromatic ring is 1. The minimum absolute atomic E-state index is 0.0965. The molecule has 4 rings (SSSR count). The van der Waals surface area contributed by atoms with Crippen LogP contribution in [0.5, 0.6) is 11.5 Å². The molecule has 3 nitrogen and oxygen atoms in total. The Hall–Kier alpha value is -3.11.